The van der Waals surface area contributed by atoms with Crippen molar-refractivity contribution >= 4 is 23.4 Å². The SMILES string of the molecule is O=C(NC1CCCCC1)[C@H](Cc1ccccc1)N(Cc1ccccc1Cl)C(=O)COc1ccc(F)cc1. The number of benzene rings is 3. The second-order valence-corrected chi connectivity index (χ2v) is 9.81. The van der Waals surface area contributed by atoms with Gasteiger partial charge in [0.25, 0.3) is 5.91 Å². The van der Waals surface area contributed by atoms with Crippen molar-refractivity contribution in [1.82, 2.24) is 10.2 Å². The molecule has 3 aromatic rings. The minimum atomic E-state index is -0.759. The van der Waals surface area contributed by atoms with Crippen LogP contribution in [-0.4, -0.2) is 35.4 Å². The second kappa shape index (κ2) is 13.2. The molecule has 1 aliphatic carbocycles. The van der Waals surface area contributed by atoms with Crippen LogP contribution >= 0.6 is 11.6 Å². The maximum absolute atomic E-state index is 13.7. The Kier molecular flexibility index (Phi) is 9.55. The van der Waals surface area contributed by atoms with Crippen LogP contribution in [0.1, 0.15) is 43.2 Å². The van der Waals surface area contributed by atoms with Crippen molar-refractivity contribution in [2.45, 2.75) is 57.2 Å². The molecule has 4 rings (SSSR count). The molecule has 1 saturated carbocycles. The normalized spacial score (nSPS) is 14.5. The third kappa shape index (κ3) is 7.80. The van der Waals surface area contributed by atoms with E-state index in [9.17, 15) is 14.0 Å². The van der Waals surface area contributed by atoms with Gasteiger partial charge in [-0.2, -0.15) is 0 Å². The summed E-state index contributed by atoms with van der Waals surface area (Å²) in [5.41, 5.74) is 1.69. The lowest BCUT2D eigenvalue weighted by Crippen LogP contribution is -2.53. The van der Waals surface area contributed by atoms with E-state index >= 15 is 0 Å². The number of amides is 2. The summed E-state index contributed by atoms with van der Waals surface area (Å²) in [5, 5.41) is 3.73. The first-order valence-corrected chi connectivity index (χ1v) is 13.1. The molecule has 0 radical (unpaired) electrons. The molecule has 0 saturated heterocycles. The van der Waals surface area contributed by atoms with Crippen LogP contribution in [0.15, 0.2) is 78.9 Å². The zero-order valence-electron chi connectivity index (χ0n) is 20.7. The Balaban J connectivity index is 1.61. The fraction of sp³-hybridized carbons (Fsp3) is 0.333. The van der Waals surface area contributed by atoms with Crippen LogP contribution in [0.5, 0.6) is 5.75 Å². The highest BCUT2D eigenvalue weighted by Crippen LogP contribution is 2.22. The lowest BCUT2D eigenvalue weighted by molar-refractivity contribution is -0.143. The molecule has 0 unspecified atom stereocenters. The summed E-state index contributed by atoms with van der Waals surface area (Å²) < 4.78 is 19.0. The third-order valence-electron chi connectivity index (χ3n) is 6.70. The summed E-state index contributed by atoms with van der Waals surface area (Å²) in [6.45, 7) is -0.140. The fourth-order valence-electron chi connectivity index (χ4n) is 4.67. The predicted molar refractivity (Wildman–Crippen MR) is 143 cm³/mol. The number of carbonyl (C=O) groups excluding carboxylic acids is 2. The zero-order chi connectivity index (χ0) is 26.0. The lowest BCUT2D eigenvalue weighted by Gasteiger charge is -2.33. The van der Waals surface area contributed by atoms with Gasteiger partial charge < -0.3 is 15.0 Å². The number of nitrogens with one attached hydrogen (secondary N) is 1. The van der Waals surface area contributed by atoms with E-state index in [-0.39, 0.29) is 36.8 Å². The quantitative estimate of drug-likeness (QED) is 0.358. The molecule has 7 heteroatoms. The topological polar surface area (TPSA) is 58.6 Å². The Hall–Kier alpha value is -3.38. The van der Waals surface area contributed by atoms with Crippen molar-refractivity contribution < 1.29 is 18.7 Å². The molecule has 0 heterocycles. The van der Waals surface area contributed by atoms with E-state index in [4.69, 9.17) is 16.3 Å². The van der Waals surface area contributed by atoms with Crippen molar-refractivity contribution in [3.63, 3.8) is 0 Å². The molecule has 0 aromatic heterocycles. The van der Waals surface area contributed by atoms with Crippen LogP contribution in [0.2, 0.25) is 5.02 Å². The first kappa shape index (κ1) is 26.7. The molecule has 1 atom stereocenters. The molecule has 5 nitrogen and oxygen atoms in total. The molecule has 2 amide bonds. The van der Waals surface area contributed by atoms with Gasteiger partial charge >= 0.3 is 0 Å². The summed E-state index contributed by atoms with van der Waals surface area (Å²) in [4.78, 5) is 28.9. The molecule has 37 heavy (non-hydrogen) atoms. The third-order valence-corrected chi connectivity index (χ3v) is 7.07. The van der Waals surface area contributed by atoms with Gasteiger partial charge in [0.05, 0.1) is 0 Å². The van der Waals surface area contributed by atoms with Gasteiger partial charge in [-0.1, -0.05) is 79.4 Å². The molecular formula is C30H32ClFN2O3. The minimum Gasteiger partial charge on any atom is -0.484 e. The average molecular weight is 523 g/mol. The highest BCUT2D eigenvalue weighted by molar-refractivity contribution is 6.31. The van der Waals surface area contributed by atoms with Crippen LogP contribution in [0.25, 0.3) is 0 Å². The highest BCUT2D eigenvalue weighted by atomic mass is 35.5. The van der Waals surface area contributed by atoms with E-state index in [0.717, 1.165) is 36.8 Å². The maximum atomic E-state index is 13.7. The second-order valence-electron chi connectivity index (χ2n) is 9.40. The van der Waals surface area contributed by atoms with Gasteiger partial charge in [-0.05, 0) is 54.3 Å². The van der Waals surface area contributed by atoms with Gasteiger partial charge in [0, 0.05) is 24.0 Å². The van der Waals surface area contributed by atoms with Gasteiger partial charge in [0.1, 0.15) is 17.6 Å². The van der Waals surface area contributed by atoms with Crippen molar-refractivity contribution in [1.29, 1.82) is 0 Å². The molecule has 0 aliphatic heterocycles. The van der Waals surface area contributed by atoms with Gasteiger partial charge in [-0.3, -0.25) is 9.59 Å². The molecule has 194 valence electrons. The first-order valence-electron chi connectivity index (χ1n) is 12.7. The molecule has 0 bridgehead atoms. The summed E-state index contributed by atoms with van der Waals surface area (Å²) in [7, 11) is 0. The number of ether oxygens (including phenoxy) is 1. The van der Waals surface area contributed by atoms with E-state index in [1.165, 1.54) is 30.7 Å². The Labute approximate surface area is 222 Å². The van der Waals surface area contributed by atoms with Crippen molar-refractivity contribution in [3.8, 4) is 5.75 Å². The van der Waals surface area contributed by atoms with E-state index in [0.29, 0.717) is 17.2 Å². The number of halogens is 2. The molecule has 1 aliphatic rings. The summed E-state index contributed by atoms with van der Waals surface area (Å²) in [5.74, 6) is -0.554. The zero-order valence-corrected chi connectivity index (χ0v) is 21.5. The number of nitrogens with zero attached hydrogens (tertiary/aromatic N) is 1. The van der Waals surface area contributed by atoms with Crippen LogP contribution in [0, 0.1) is 5.82 Å². The number of carbonyl (C=O) groups is 2. The maximum Gasteiger partial charge on any atom is 0.261 e. The van der Waals surface area contributed by atoms with E-state index in [1.54, 1.807) is 11.0 Å². The Morgan fingerprint density at radius 1 is 0.946 bits per heavy atom. The van der Waals surface area contributed by atoms with E-state index < -0.39 is 6.04 Å². The fourth-order valence-corrected chi connectivity index (χ4v) is 4.86. The molecule has 0 spiro atoms. The van der Waals surface area contributed by atoms with Crippen LogP contribution in [-0.2, 0) is 22.6 Å². The summed E-state index contributed by atoms with van der Waals surface area (Å²) in [6.07, 6.45) is 5.58. The van der Waals surface area contributed by atoms with Crippen molar-refractivity contribution in [3.05, 3.63) is 101 Å². The standard InChI is InChI=1S/C30H32ClFN2O3/c31-27-14-8-7-11-23(27)20-34(29(35)21-37-26-17-15-24(32)16-18-26)28(19-22-9-3-1-4-10-22)30(36)33-25-12-5-2-6-13-25/h1,3-4,7-11,14-18,25,28H,2,5-6,12-13,19-21H2,(H,33,36)/t28-/m0/s1. The highest BCUT2D eigenvalue weighted by Gasteiger charge is 2.32. The molecular weight excluding hydrogens is 491 g/mol. The largest absolute Gasteiger partial charge is 0.484 e. The van der Waals surface area contributed by atoms with Gasteiger partial charge in [-0.15, -0.1) is 0 Å². The van der Waals surface area contributed by atoms with E-state index in [2.05, 4.69) is 5.32 Å². The van der Waals surface area contributed by atoms with Crippen LogP contribution < -0.4 is 10.1 Å². The summed E-state index contributed by atoms with van der Waals surface area (Å²) in [6, 6.07) is 21.8. The first-order chi connectivity index (χ1) is 18.0. The number of hydrogen-bond donors (Lipinski definition) is 1. The number of rotatable bonds is 10. The van der Waals surface area contributed by atoms with E-state index in [1.807, 2.05) is 48.5 Å². The Morgan fingerprint density at radius 2 is 1.62 bits per heavy atom. The number of hydrogen-bond acceptors (Lipinski definition) is 3. The minimum absolute atomic E-state index is 0.104. The van der Waals surface area contributed by atoms with Crippen molar-refractivity contribution in [2.75, 3.05) is 6.61 Å². The van der Waals surface area contributed by atoms with Gasteiger partial charge in [0.15, 0.2) is 6.61 Å². The van der Waals surface area contributed by atoms with Gasteiger partial charge in [0.2, 0.25) is 5.91 Å². The Morgan fingerprint density at radius 3 is 2.32 bits per heavy atom. The van der Waals surface area contributed by atoms with Crippen LogP contribution in [0.4, 0.5) is 4.39 Å². The van der Waals surface area contributed by atoms with Crippen molar-refractivity contribution in [2.24, 2.45) is 0 Å². The monoisotopic (exact) mass is 522 g/mol. The molecule has 1 fully saturated rings. The summed E-state index contributed by atoms with van der Waals surface area (Å²) >= 11 is 6.46. The lowest BCUT2D eigenvalue weighted by atomic mass is 9.94. The predicted octanol–water partition coefficient (Wildman–Crippen LogP) is 5.95. The van der Waals surface area contributed by atoms with Crippen LogP contribution in [0.3, 0.4) is 0 Å². The molecule has 3 aromatic carbocycles. The van der Waals surface area contributed by atoms with Gasteiger partial charge in [-0.25, -0.2) is 4.39 Å². The smallest absolute Gasteiger partial charge is 0.261 e. The Bertz CT molecular complexity index is 1170. The average Bonchev–Trinajstić information content (AvgIpc) is 2.92. The molecule has 1 N–H and O–H groups in total.